The van der Waals surface area contributed by atoms with E-state index < -0.39 is 11.0 Å². The van der Waals surface area contributed by atoms with Crippen molar-refractivity contribution < 1.29 is 19.2 Å². The van der Waals surface area contributed by atoms with Gasteiger partial charge in [-0.25, -0.2) is 4.79 Å². The van der Waals surface area contributed by atoms with Gasteiger partial charge in [-0.3, -0.25) is 14.9 Å². The quantitative estimate of drug-likeness (QED) is 0.202. The van der Waals surface area contributed by atoms with Crippen LogP contribution >= 0.6 is 0 Å². The fourth-order valence-electron chi connectivity index (χ4n) is 4.18. The summed E-state index contributed by atoms with van der Waals surface area (Å²) in [5.41, 5.74) is 5.20. The molecule has 0 unspecified atom stereocenters. The van der Waals surface area contributed by atoms with Gasteiger partial charge in [0, 0.05) is 24.1 Å². The molecule has 0 fully saturated rings. The van der Waals surface area contributed by atoms with E-state index in [1.807, 2.05) is 24.3 Å². The van der Waals surface area contributed by atoms with Crippen LogP contribution in [0.5, 0.6) is 0 Å². The predicted molar refractivity (Wildman–Crippen MR) is 130 cm³/mol. The van der Waals surface area contributed by atoms with Gasteiger partial charge in [0.25, 0.3) is 5.69 Å². The number of alkyl carbamates (subject to hydrolysis) is 1. The van der Waals surface area contributed by atoms with Crippen molar-refractivity contribution in [2.75, 3.05) is 13.2 Å². The van der Waals surface area contributed by atoms with Gasteiger partial charge < -0.3 is 10.1 Å². The lowest BCUT2D eigenvalue weighted by atomic mass is 9.98. The Morgan fingerprint density at radius 3 is 2.29 bits per heavy atom. The second-order valence-electron chi connectivity index (χ2n) is 8.03. The number of ether oxygens (including phenoxy) is 1. The highest BCUT2D eigenvalue weighted by Gasteiger charge is 2.28. The highest BCUT2D eigenvalue weighted by molar-refractivity contribution is 5.95. The van der Waals surface area contributed by atoms with Crippen molar-refractivity contribution in [2.45, 2.75) is 19.3 Å². The molecular formula is C27H24N2O5. The highest BCUT2D eigenvalue weighted by atomic mass is 16.6. The molecule has 1 aliphatic rings. The highest BCUT2D eigenvalue weighted by Crippen LogP contribution is 2.44. The van der Waals surface area contributed by atoms with Crippen molar-refractivity contribution in [2.24, 2.45) is 0 Å². The van der Waals surface area contributed by atoms with Crippen molar-refractivity contribution >= 4 is 23.6 Å². The number of fused-ring (bicyclic) bond motifs is 3. The Morgan fingerprint density at radius 1 is 1.03 bits per heavy atom. The minimum atomic E-state index is -0.513. The molecular weight excluding hydrogens is 432 g/mol. The van der Waals surface area contributed by atoms with Gasteiger partial charge in [0.2, 0.25) is 0 Å². The number of ketones is 1. The molecule has 3 aromatic carbocycles. The van der Waals surface area contributed by atoms with Gasteiger partial charge in [0.15, 0.2) is 5.78 Å². The van der Waals surface area contributed by atoms with Crippen LogP contribution in [-0.2, 0) is 4.74 Å². The summed E-state index contributed by atoms with van der Waals surface area (Å²) in [6, 6.07) is 20.7. The van der Waals surface area contributed by atoms with E-state index in [1.54, 1.807) is 24.3 Å². The maximum atomic E-state index is 12.2. The number of nitro groups is 1. The Kier molecular flexibility index (Phi) is 6.82. The molecule has 0 radical (unpaired) electrons. The summed E-state index contributed by atoms with van der Waals surface area (Å²) in [5, 5.41) is 14.0. The summed E-state index contributed by atoms with van der Waals surface area (Å²) in [5.74, 6) is -0.234. The normalized spacial score (nSPS) is 12.3. The van der Waals surface area contributed by atoms with E-state index in [1.165, 1.54) is 24.1 Å². The molecule has 34 heavy (non-hydrogen) atoms. The number of nitrogens with one attached hydrogen (secondary N) is 1. The molecule has 172 valence electrons. The molecule has 0 saturated heterocycles. The summed E-state index contributed by atoms with van der Waals surface area (Å²) < 4.78 is 5.50. The number of nitro benzene ring substituents is 1. The standard InChI is InChI=1S/C27H24N2O5/c1-18(30)20-14-13-19(26(16-20)29(32)33)8-6-7-15-28-27(31)34-17-25-23-11-4-2-9-21(23)22-10-3-5-12-24(22)25/h2-6,8-14,16,25H,7,15,17H2,1H3,(H,28,31). The number of hydrogen-bond acceptors (Lipinski definition) is 5. The predicted octanol–water partition coefficient (Wildman–Crippen LogP) is 5.74. The van der Waals surface area contributed by atoms with Gasteiger partial charge in [-0.05, 0) is 41.7 Å². The molecule has 0 heterocycles. The lowest BCUT2D eigenvalue weighted by Crippen LogP contribution is -2.26. The molecule has 0 aromatic heterocycles. The van der Waals surface area contributed by atoms with E-state index in [9.17, 15) is 19.7 Å². The summed E-state index contributed by atoms with van der Waals surface area (Å²) in [7, 11) is 0. The zero-order chi connectivity index (χ0) is 24.1. The number of hydrogen-bond donors (Lipinski definition) is 1. The fraction of sp³-hybridized carbons (Fsp3) is 0.185. The molecule has 0 atom stereocenters. The van der Waals surface area contributed by atoms with Crippen molar-refractivity contribution in [1.82, 2.24) is 5.32 Å². The summed E-state index contributed by atoms with van der Waals surface area (Å²) in [6.07, 6.45) is 3.31. The van der Waals surface area contributed by atoms with Crippen molar-refractivity contribution in [3.63, 3.8) is 0 Å². The first kappa shape index (κ1) is 22.9. The van der Waals surface area contributed by atoms with Gasteiger partial charge in [-0.1, -0.05) is 66.7 Å². The van der Waals surface area contributed by atoms with Crippen molar-refractivity contribution in [3.8, 4) is 11.1 Å². The third-order valence-corrected chi connectivity index (χ3v) is 5.86. The number of rotatable bonds is 8. The Morgan fingerprint density at radius 2 is 1.68 bits per heavy atom. The van der Waals surface area contributed by atoms with Gasteiger partial charge in [-0.15, -0.1) is 0 Å². The first-order chi connectivity index (χ1) is 16.5. The summed E-state index contributed by atoms with van der Waals surface area (Å²) >= 11 is 0. The molecule has 0 spiro atoms. The zero-order valence-electron chi connectivity index (χ0n) is 18.7. The number of benzene rings is 3. The maximum Gasteiger partial charge on any atom is 0.407 e. The van der Waals surface area contributed by atoms with Gasteiger partial charge in [0.05, 0.1) is 10.5 Å². The lowest BCUT2D eigenvalue weighted by molar-refractivity contribution is -0.385. The van der Waals surface area contributed by atoms with Crippen LogP contribution in [-0.4, -0.2) is 30.0 Å². The maximum absolute atomic E-state index is 12.2. The van der Waals surface area contributed by atoms with E-state index in [0.717, 1.165) is 11.1 Å². The summed E-state index contributed by atoms with van der Waals surface area (Å²) in [6.45, 7) is 1.93. The molecule has 4 rings (SSSR count). The number of amides is 1. The number of nitrogens with zero attached hydrogens (tertiary/aromatic N) is 1. The van der Waals surface area contributed by atoms with Gasteiger partial charge in [-0.2, -0.15) is 0 Å². The van der Waals surface area contributed by atoms with E-state index in [0.29, 0.717) is 24.1 Å². The molecule has 3 aromatic rings. The molecule has 0 saturated carbocycles. The number of Topliss-reactive ketones (excluding diaryl/α,β-unsaturated/α-hetero) is 1. The van der Waals surface area contributed by atoms with Crippen LogP contribution in [0.4, 0.5) is 10.5 Å². The fourth-order valence-corrected chi connectivity index (χ4v) is 4.18. The monoisotopic (exact) mass is 456 g/mol. The molecule has 7 nitrogen and oxygen atoms in total. The first-order valence-electron chi connectivity index (χ1n) is 11.0. The van der Waals surface area contributed by atoms with E-state index in [4.69, 9.17) is 4.74 Å². The Hall–Kier alpha value is -4.26. The molecule has 7 heteroatoms. The second-order valence-corrected chi connectivity index (χ2v) is 8.03. The van der Waals surface area contributed by atoms with Crippen LogP contribution in [0.3, 0.4) is 0 Å². The van der Waals surface area contributed by atoms with Crippen LogP contribution in [0.25, 0.3) is 17.2 Å². The average Bonchev–Trinajstić information content (AvgIpc) is 3.16. The lowest BCUT2D eigenvalue weighted by Gasteiger charge is -2.14. The van der Waals surface area contributed by atoms with E-state index in [2.05, 4.69) is 29.6 Å². The van der Waals surface area contributed by atoms with Crippen LogP contribution in [0.1, 0.15) is 46.3 Å². The molecule has 1 amide bonds. The minimum Gasteiger partial charge on any atom is -0.449 e. The van der Waals surface area contributed by atoms with E-state index in [-0.39, 0.29) is 24.0 Å². The Labute approximate surface area is 197 Å². The largest absolute Gasteiger partial charge is 0.449 e. The van der Waals surface area contributed by atoms with Gasteiger partial charge in [0.1, 0.15) is 6.61 Å². The number of carbonyl (C=O) groups is 2. The molecule has 1 N–H and O–H groups in total. The summed E-state index contributed by atoms with van der Waals surface area (Å²) in [4.78, 5) is 34.5. The van der Waals surface area contributed by atoms with Gasteiger partial charge >= 0.3 is 6.09 Å². The Bertz CT molecular complexity index is 1240. The van der Waals surface area contributed by atoms with Crippen molar-refractivity contribution in [3.05, 3.63) is 105 Å². The van der Waals surface area contributed by atoms with Crippen LogP contribution < -0.4 is 5.32 Å². The minimum absolute atomic E-state index is 0.00318. The smallest absolute Gasteiger partial charge is 0.407 e. The Balaban J connectivity index is 1.29. The number of carbonyl (C=O) groups excluding carboxylic acids is 2. The average molecular weight is 456 g/mol. The van der Waals surface area contributed by atoms with Crippen molar-refractivity contribution in [1.29, 1.82) is 0 Å². The van der Waals surface area contributed by atoms with Crippen LogP contribution in [0.2, 0.25) is 0 Å². The van der Waals surface area contributed by atoms with Crippen LogP contribution in [0.15, 0.2) is 72.8 Å². The van der Waals surface area contributed by atoms with E-state index >= 15 is 0 Å². The topological polar surface area (TPSA) is 98.5 Å². The third kappa shape index (κ3) is 4.88. The zero-order valence-corrected chi connectivity index (χ0v) is 18.7. The first-order valence-corrected chi connectivity index (χ1v) is 11.0. The SMILES string of the molecule is CC(=O)c1ccc(C=CCCNC(=O)OCC2c3ccccc3-c3ccccc32)c([N+](=O)[O-])c1. The molecule has 0 aliphatic heterocycles. The van der Waals surface area contributed by atoms with Crippen LogP contribution in [0, 0.1) is 10.1 Å². The molecule has 0 bridgehead atoms. The molecule has 1 aliphatic carbocycles. The second kappa shape index (κ2) is 10.1. The third-order valence-electron chi connectivity index (χ3n) is 5.86.